The number of piperidine rings is 2. The first-order chi connectivity index (χ1) is 10.2. The maximum atomic E-state index is 12.7. The van der Waals surface area contributed by atoms with Gasteiger partial charge in [-0.3, -0.25) is 9.59 Å². The van der Waals surface area contributed by atoms with E-state index in [1.807, 2.05) is 17.2 Å². The summed E-state index contributed by atoms with van der Waals surface area (Å²) in [4.78, 5) is 30.3. The van der Waals surface area contributed by atoms with Crippen LogP contribution in [0.25, 0.3) is 0 Å². The largest absolute Gasteiger partial charge is 0.353 e. The number of carbonyl (C=O) groups excluding carboxylic acids is 2. The molecule has 2 aliphatic heterocycles. The van der Waals surface area contributed by atoms with Gasteiger partial charge in [-0.1, -0.05) is 0 Å². The summed E-state index contributed by atoms with van der Waals surface area (Å²) in [6.45, 7) is 1.43. The molecule has 1 aromatic heterocycles. The van der Waals surface area contributed by atoms with Gasteiger partial charge in [0.25, 0.3) is 5.91 Å². The van der Waals surface area contributed by atoms with Gasteiger partial charge in [0.05, 0.1) is 5.56 Å². The van der Waals surface area contributed by atoms with Crippen molar-refractivity contribution >= 4 is 23.6 Å². The summed E-state index contributed by atoms with van der Waals surface area (Å²) in [5, 5.41) is 3.83. The lowest BCUT2D eigenvalue weighted by Crippen LogP contribution is -2.55. The van der Waals surface area contributed by atoms with Gasteiger partial charge in [0.2, 0.25) is 5.91 Å². The fourth-order valence-corrected chi connectivity index (χ4v) is 3.72. The molecule has 0 bridgehead atoms. The fraction of sp³-hybridized carbons (Fsp3) is 0.533. The van der Waals surface area contributed by atoms with E-state index in [0.29, 0.717) is 24.4 Å². The zero-order valence-corrected chi connectivity index (χ0v) is 12.9. The molecule has 21 heavy (non-hydrogen) atoms. The number of pyridine rings is 1. The highest BCUT2D eigenvalue weighted by Crippen LogP contribution is 2.27. The Morgan fingerprint density at radius 1 is 1.48 bits per heavy atom. The van der Waals surface area contributed by atoms with Gasteiger partial charge in [-0.25, -0.2) is 4.98 Å². The zero-order chi connectivity index (χ0) is 14.8. The van der Waals surface area contributed by atoms with E-state index in [4.69, 9.17) is 0 Å². The van der Waals surface area contributed by atoms with E-state index < -0.39 is 0 Å². The number of amides is 2. The van der Waals surface area contributed by atoms with Crippen LogP contribution in [0.15, 0.2) is 23.4 Å². The number of fused-ring (bicyclic) bond motifs is 1. The van der Waals surface area contributed by atoms with E-state index in [1.165, 1.54) is 11.8 Å². The summed E-state index contributed by atoms with van der Waals surface area (Å²) in [6, 6.07) is 3.89. The number of likely N-dealkylation sites (tertiary alicyclic amines) is 1. The van der Waals surface area contributed by atoms with Crippen molar-refractivity contribution in [1.29, 1.82) is 0 Å². The van der Waals surface area contributed by atoms with Gasteiger partial charge >= 0.3 is 0 Å². The van der Waals surface area contributed by atoms with E-state index in [9.17, 15) is 9.59 Å². The van der Waals surface area contributed by atoms with Crippen LogP contribution in [0.2, 0.25) is 0 Å². The Morgan fingerprint density at radius 2 is 2.33 bits per heavy atom. The molecule has 2 saturated heterocycles. The summed E-state index contributed by atoms with van der Waals surface area (Å²) in [5.74, 6) is 0.588. The minimum Gasteiger partial charge on any atom is -0.353 e. The van der Waals surface area contributed by atoms with Gasteiger partial charge in [-0.15, -0.1) is 11.8 Å². The number of hydrogen-bond acceptors (Lipinski definition) is 4. The van der Waals surface area contributed by atoms with Crippen molar-refractivity contribution in [2.45, 2.75) is 30.3 Å². The molecule has 0 radical (unpaired) electrons. The maximum absolute atomic E-state index is 12.7. The van der Waals surface area contributed by atoms with Crippen LogP contribution >= 0.6 is 11.8 Å². The van der Waals surface area contributed by atoms with E-state index in [2.05, 4.69) is 10.3 Å². The number of nitrogens with zero attached hydrogens (tertiary/aromatic N) is 2. The third kappa shape index (κ3) is 2.90. The van der Waals surface area contributed by atoms with Crippen LogP contribution in [0.3, 0.4) is 0 Å². The topological polar surface area (TPSA) is 62.3 Å². The quantitative estimate of drug-likeness (QED) is 0.842. The van der Waals surface area contributed by atoms with Crippen molar-refractivity contribution in [1.82, 2.24) is 15.2 Å². The minimum absolute atomic E-state index is 0.0581. The summed E-state index contributed by atoms with van der Waals surface area (Å²) < 4.78 is 0. The van der Waals surface area contributed by atoms with Crippen LogP contribution in [0.5, 0.6) is 0 Å². The zero-order valence-electron chi connectivity index (χ0n) is 12.0. The number of rotatable bonds is 2. The summed E-state index contributed by atoms with van der Waals surface area (Å²) in [7, 11) is 0. The number of thioether (sulfide) groups is 1. The van der Waals surface area contributed by atoms with Crippen LogP contribution < -0.4 is 5.32 Å². The first-order valence-corrected chi connectivity index (χ1v) is 8.49. The predicted octanol–water partition coefficient (Wildman–Crippen LogP) is 1.54. The highest BCUT2D eigenvalue weighted by atomic mass is 32.2. The first-order valence-electron chi connectivity index (χ1n) is 7.26. The second-order valence-electron chi connectivity index (χ2n) is 5.57. The Morgan fingerprint density at radius 3 is 3.14 bits per heavy atom. The smallest absolute Gasteiger partial charge is 0.256 e. The monoisotopic (exact) mass is 305 g/mol. The lowest BCUT2D eigenvalue weighted by Gasteiger charge is -2.41. The molecule has 3 rings (SSSR count). The fourth-order valence-electron chi connectivity index (χ4n) is 3.18. The summed E-state index contributed by atoms with van der Waals surface area (Å²) in [6.07, 6.45) is 5.94. The molecule has 6 heteroatoms. The average Bonchev–Trinajstić information content (AvgIpc) is 2.53. The molecule has 1 aromatic rings. The Labute approximate surface area is 128 Å². The third-order valence-electron chi connectivity index (χ3n) is 4.30. The Balaban J connectivity index is 1.73. The molecule has 5 nitrogen and oxygen atoms in total. The summed E-state index contributed by atoms with van der Waals surface area (Å²) in [5.41, 5.74) is 0.684. The van der Waals surface area contributed by atoms with E-state index in [1.54, 1.807) is 12.3 Å². The lowest BCUT2D eigenvalue weighted by atomic mass is 9.85. The van der Waals surface area contributed by atoms with Crippen LogP contribution in [0.4, 0.5) is 0 Å². The molecule has 0 aromatic carbocycles. The van der Waals surface area contributed by atoms with Crippen molar-refractivity contribution in [3.05, 3.63) is 23.9 Å². The lowest BCUT2D eigenvalue weighted by molar-refractivity contribution is -0.125. The molecular formula is C15H19N3O2S. The molecule has 112 valence electrons. The summed E-state index contributed by atoms with van der Waals surface area (Å²) >= 11 is 1.50. The molecular weight excluding hydrogens is 286 g/mol. The average molecular weight is 305 g/mol. The number of carbonyl (C=O) groups is 2. The van der Waals surface area contributed by atoms with Crippen molar-refractivity contribution in [3.8, 4) is 0 Å². The van der Waals surface area contributed by atoms with Crippen LogP contribution in [0.1, 0.15) is 29.6 Å². The van der Waals surface area contributed by atoms with Gasteiger partial charge in [-0.05, 0) is 37.1 Å². The molecule has 2 amide bonds. The Hall–Kier alpha value is -1.56. The normalized spacial score (nSPS) is 25.2. The van der Waals surface area contributed by atoms with Crippen molar-refractivity contribution < 1.29 is 9.59 Å². The molecule has 2 fully saturated rings. The van der Waals surface area contributed by atoms with E-state index >= 15 is 0 Å². The molecule has 0 aliphatic carbocycles. The molecule has 0 saturated carbocycles. The standard InChI is InChI=1S/C15H19N3O2S/c1-21-14-11(3-2-7-16-14)15(20)18-8-6-12-10(9-18)4-5-13(19)17-12/h2-3,7,10,12H,4-6,8-9H2,1H3,(H,17,19). The number of nitrogens with one attached hydrogen (secondary N) is 1. The highest BCUT2D eigenvalue weighted by molar-refractivity contribution is 7.98. The maximum Gasteiger partial charge on any atom is 0.256 e. The first kappa shape index (κ1) is 14.4. The minimum atomic E-state index is 0.0581. The molecule has 3 heterocycles. The van der Waals surface area contributed by atoms with Crippen molar-refractivity contribution in [2.24, 2.45) is 5.92 Å². The molecule has 2 aliphatic rings. The van der Waals surface area contributed by atoms with Gasteiger partial charge in [0.15, 0.2) is 0 Å². The third-order valence-corrected chi connectivity index (χ3v) is 5.02. The number of aromatic nitrogens is 1. The second-order valence-corrected chi connectivity index (χ2v) is 6.37. The van der Waals surface area contributed by atoms with Gasteiger partial charge in [0.1, 0.15) is 5.03 Å². The molecule has 1 N–H and O–H groups in total. The Bertz CT molecular complexity index is 564. The van der Waals surface area contributed by atoms with Gasteiger partial charge in [0, 0.05) is 31.7 Å². The predicted molar refractivity (Wildman–Crippen MR) is 81.2 cm³/mol. The van der Waals surface area contributed by atoms with Gasteiger partial charge < -0.3 is 10.2 Å². The molecule has 2 atom stereocenters. The van der Waals surface area contributed by atoms with Crippen molar-refractivity contribution in [2.75, 3.05) is 19.3 Å². The molecule has 0 spiro atoms. The van der Waals surface area contributed by atoms with Crippen molar-refractivity contribution in [3.63, 3.8) is 0 Å². The number of hydrogen-bond donors (Lipinski definition) is 1. The van der Waals surface area contributed by atoms with Crippen LogP contribution in [-0.4, -0.2) is 47.1 Å². The SMILES string of the molecule is CSc1ncccc1C(=O)N1CCC2NC(=O)CCC2C1. The van der Waals surface area contributed by atoms with Crippen LogP contribution in [0, 0.1) is 5.92 Å². The molecule has 2 unspecified atom stereocenters. The van der Waals surface area contributed by atoms with E-state index in [0.717, 1.165) is 24.4 Å². The van der Waals surface area contributed by atoms with E-state index in [-0.39, 0.29) is 17.9 Å². The highest BCUT2D eigenvalue weighted by Gasteiger charge is 2.35. The van der Waals surface area contributed by atoms with Gasteiger partial charge in [-0.2, -0.15) is 0 Å². The second kappa shape index (κ2) is 6.05. The van der Waals surface area contributed by atoms with Crippen LogP contribution in [-0.2, 0) is 4.79 Å². The Kier molecular flexibility index (Phi) is 4.14.